The zero-order valence-corrected chi connectivity index (χ0v) is 16.8. The number of aromatic amines is 1. The normalized spacial score (nSPS) is 16.7. The Bertz CT molecular complexity index is 861. The van der Waals surface area contributed by atoms with E-state index in [9.17, 15) is 9.59 Å². The third-order valence-electron chi connectivity index (χ3n) is 4.48. The van der Waals surface area contributed by atoms with Gasteiger partial charge in [-0.2, -0.15) is 5.10 Å². The van der Waals surface area contributed by atoms with Gasteiger partial charge in [-0.3, -0.25) is 14.7 Å². The summed E-state index contributed by atoms with van der Waals surface area (Å²) >= 11 is 8.51. The van der Waals surface area contributed by atoms with Crippen LogP contribution in [-0.4, -0.2) is 44.1 Å². The summed E-state index contributed by atoms with van der Waals surface area (Å²) < 4.78 is 3.27. The van der Waals surface area contributed by atoms with Gasteiger partial charge in [0, 0.05) is 23.1 Å². The Morgan fingerprint density at radius 3 is 2.81 bits per heavy atom. The van der Waals surface area contributed by atoms with Crippen LogP contribution in [0.3, 0.4) is 0 Å². The highest BCUT2D eigenvalue weighted by molar-refractivity contribution is 9.10. The van der Waals surface area contributed by atoms with Gasteiger partial charge in [0.15, 0.2) is 10.6 Å². The first-order valence-electron chi connectivity index (χ1n) is 8.49. The summed E-state index contributed by atoms with van der Waals surface area (Å²) in [6, 6.07) is 6.72. The molecular formula is C17H20BrN5O2S. The first kappa shape index (κ1) is 18.8. The number of aromatic nitrogens is 3. The number of nitrogens with one attached hydrogen (secondary N) is 2. The molecule has 1 aliphatic heterocycles. The Morgan fingerprint density at radius 2 is 2.12 bits per heavy atom. The average Bonchev–Trinajstić information content (AvgIpc) is 3.26. The molecule has 1 aliphatic rings. The fraction of sp³-hybridized carbons (Fsp3) is 0.412. The molecule has 1 aromatic heterocycles. The van der Waals surface area contributed by atoms with Crippen LogP contribution in [-0.2, 0) is 17.9 Å². The lowest BCUT2D eigenvalue weighted by atomic mass is 10.1. The molecule has 1 fully saturated rings. The van der Waals surface area contributed by atoms with Crippen molar-refractivity contribution in [2.24, 2.45) is 0 Å². The summed E-state index contributed by atoms with van der Waals surface area (Å²) in [5.74, 6) is 0.394. The van der Waals surface area contributed by atoms with Gasteiger partial charge in [-0.1, -0.05) is 15.9 Å². The quantitative estimate of drug-likeness (QED) is 0.704. The highest BCUT2D eigenvalue weighted by Gasteiger charge is 2.34. The molecule has 138 valence electrons. The zero-order valence-electron chi connectivity index (χ0n) is 14.4. The molecule has 0 radical (unpaired) electrons. The average molecular weight is 438 g/mol. The van der Waals surface area contributed by atoms with Crippen molar-refractivity contribution in [3.05, 3.63) is 44.9 Å². The van der Waals surface area contributed by atoms with Crippen molar-refractivity contribution < 1.29 is 9.59 Å². The minimum absolute atomic E-state index is 0.119. The molecule has 1 unspecified atom stereocenters. The molecule has 7 nitrogen and oxygen atoms in total. The number of H-pyrrole nitrogens is 1. The summed E-state index contributed by atoms with van der Waals surface area (Å²) in [5, 5.41) is 9.76. The standard InChI is InChI=1S/C17H20BrN5O2S/c1-2-22-14(20-21-17(22)26)10-19-15(24)13-4-3-9-23(13)16(25)11-5-7-12(18)8-6-11/h5-8,13H,2-4,9-10H2,1H3,(H,19,24)(H,21,26). The number of benzene rings is 1. The number of carbonyl (C=O) groups is 2. The van der Waals surface area contributed by atoms with Crippen LogP contribution in [0.25, 0.3) is 0 Å². The number of hydrogen-bond acceptors (Lipinski definition) is 4. The number of hydrogen-bond donors (Lipinski definition) is 2. The Morgan fingerprint density at radius 1 is 1.38 bits per heavy atom. The summed E-state index contributed by atoms with van der Waals surface area (Å²) in [6.07, 6.45) is 1.47. The lowest BCUT2D eigenvalue weighted by molar-refractivity contribution is -0.125. The van der Waals surface area contributed by atoms with E-state index in [1.54, 1.807) is 17.0 Å². The van der Waals surface area contributed by atoms with E-state index in [0.717, 1.165) is 10.9 Å². The van der Waals surface area contributed by atoms with Gasteiger partial charge in [-0.15, -0.1) is 0 Å². The minimum Gasteiger partial charge on any atom is -0.347 e. The number of carbonyl (C=O) groups excluding carboxylic acids is 2. The molecule has 0 bridgehead atoms. The van der Waals surface area contributed by atoms with Crippen LogP contribution in [0.15, 0.2) is 28.7 Å². The zero-order chi connectivity index (χ0) is 18.7. The van der Waals surface area contributed by atoms with E-state index in [-0.39, 0.29) is 18.4 Å². The molecule has 9 heteroatoms. The first-order valence-corrected chi connectivity index (χ1v) is 9.69. The summed E-state index contributed by atoms with van der Waals surface area (Å²) in [7, 11) is 0. The Balaban J connectivity index is 1.67. The van der Waals surface area contributed by atoms with Crippen molar-refractivity contribution >= 4 is 40.0 Å². The van der Waals surface area contributed by atoms with Crippen LogP contribution in [0, 0.1) is 4.77 Å². The van der Waals surface area contributed by atoms with Gasteiger partial charge in [-0.25, -0.2) is 0 Å². The summed E-state index contributed by atoms with van der Waals surface area (Å²) in [6.45, 7) is 3.50. The van der Waals surface area contributed by atoms with E-state index < -0.39 is 6.04 Å². The van der Waals surface area contributed by atoms with Gasteiger partial charge >= 0.3 is 0 Å². The van der Waals surface area contributed by atoms with E-state index in [2.05, 4.69) is 31.4 Å². The van der Waals surface area contributed by atoms with Crippen LogP contribution in [0.2, 0.25) is 0 Å². The maximum Gasteiger partial charge on any atom is 0.254 e. The number of rotatable bonds is 5. The highest BCUT2D eigenvalue weighted by atomic mass is 79.9. The van der Waals surface area contributed by atoms with E-state index in [4.69, 9.17) is 12.2 Å². The Labute approximate surface area is 164 Å². The monoisotopic (exact) mass is 437 g/mol. The van der Waals surface area contributed by atoms with Crippen LogP contribution in [0.5, 0.6) is 0 Å². The molecule has 2 amide bonds. The molecule has 0 saturated carbocycles. The largest absolute Gasteiger partial charge is 0.347 e. The number of halogens is 1. The van der Waals surface area contributed by atoms with E-state index >= 15 is 0 Å². The van der Waals surface area contributed by atoms with Gasteiger partial charge in [0.25, 0.3) is 5.91 Å². The van der Waals surface area contributed by atoms with Crippen molar-refractivity contribution in [2.75, 3.05) is 6.54 Å². The molecule has 2 aromatic rings. The fourth-order valence-electron chi connectivity index (χ4n) is 3.14. The topological polar surface area (TPSA) is 83.0 Å². The molecule has 0 aliphatic carbocycles. The lowest BCUT2D eigenvalue weighted by Gasteiger charge is -2.24. The SMILES string of the molecule is CCn1c(CNC(=O)C2CCCN2C(=O)c2ccc(Br)cc2)n[nH]c1=S. The molecule has 3 rings (SSSR count). The Kier molecular flexibility index (Phi) is 5.87. The second kappa shape index (κ2) is 8.13. The minimum atomic E-state index is -0.455. The maximum absolute atomic E-state index is 12.7. The third kappa shape index (κ3) is 3.88. The van der Waals surface area contributed by atoms with Crippen molar-refractivity contribution in [3.8, 4) is 0 Å². The molecule has 2 heterocycles. The van der Waals surface area contributed by atoms with Gasteiger partial charge in [-0.05, 0) is 56.2 Å². The molecule has 2 N–H and O–H groups in total. The van der Waals surface area contributed by atoms with E-state index in [0.29, 0.717) is 35.7 Å². The van der Waals surface area contributed by atoms with Crippen LogP contribution < -0.4 is 5.32 Å². The van der Waals surface area contributed by atoms with E-state index in [1.165, 1.54) is 0 Å². The smallest absolute Gasteiger partial charge is 0.254 e. The van der Waals surface area contributed by atoms with Crippen LogP contribution in [0.1, 0.15) is 35.9 Å². The lowest BCUT2D eigenvalue weighted by Crippen LogP contribution is -2.45. The molecule has 0 spiro atoms. The van der Waals surface area contributed by atoms with Gasteiger partial charge in [0.2, 0.25) is 5.91 Å². The molecular weight excluding hydrogens is 418 g/mol. The van der Waals surface area contributed by atoms with Crippen molar-refractivity contribution in [2.45, 2.75) is 38.9 Å². The number of likely N-dealkylation sites (tertiary alicyclic amines) is 1. The predicted octanol–water partition coefficient (Wildman–Crippen LogP) is 2.64. The van der Waals surface area contributed by atoms with Crippen molar-refractivity contribution in [3.63, 3.8) is 0 Å². The van der Waals surface area contributed by atoms with Gasteiger partial charge in [0.05, 0.1) is 6.54 Å². The van der Waals surface area contributed by atoms with E-state index in [1.807, 2.05) is 23.6 Å². The van der Waals surface area contributed by atoms with Gasteiger partial charge in [0.1, 0.15) is 6.04 Å². The second-order valence-electron chi connectivity index (χ2n) is 6.07. The highest BCUT2D eigenvalue weighted by Crippen LogP contribution is 2.21. The molecule has 1 saturated heterocycles. The molecule has 1 atom stereocenters. The molecule has 26 heavy (non-hydrogen) atoms. The summed E-state index contributed by atoms with van der Waals surface area (Å²) in [5.41, 5.74) is 0.583. The van der Waals surface area contributed by atoms with Crippen molar-refractivity contribution in [1.82, 2.24) is 25.0 Å². The first-order chi connectivity index (χ1) is 12.5. The van der Waals surface area contributed by atoms with Gasteiger partial charge < -0.3 is 14.8 Å². The van der Waals surface area contributed by atoms with Crippen LogP contribution >= 0.6 is 28.1 Å². The fourth-order valence-corrected chi connectivity index (χ4v) is 3.68. The Hall–Kier alpha value is -2.00. The maximum atomic E-state index is 12.7. The second-order valence-corrected chi connectivity index (χ2v) is 7.37. The molecule has 1 aromatic carbocycles. The van der Waals surface area contributed by atoms with Crippen molar-refractivity contribution in [1.29, 1.82) is 0 Å². The number of nitrogens with zero attached hydrogens (tertiary/aromatic N) is 3. The predicted molar refractivity (Wildman–Crippen MR) is 103 cm³/mol. The summed E-state index contributed by atoms with van der Waals surface area (Å²) in [4.78, 5) is 27.0. The number of amides is 2. The third-order valence-corrected chi connectivity index (χ3v) is 5.32. The van der Waals surface area contributed by atoms with Crippen LogP contribution in [0.4, 0.5) is 0 Å².